The molecule has 1 saturated carbocycles. The third-order valence-corrected chi connectivity index (χ3v) is 6.67. The molecule has 4 saturated heterocycles. The summed E-state index contributed by atoms with van der Waals surface area (Å²) < 4.78 is 17.7. The highest BCUT2D eigenvalue weighted by atomic mass is 35.5. The Morgan fingerprint density at radius 3 is 2.75 bits per heavy atom. The summed E-state index contributed by atoms with van der Waals surface area (Å²) in [5, 5.41) is 0. The number of fused-ring (bicyclic) bond motifs is 2. The average molecular weight is 361 g/mol. The summed E-state index contributed by atoms with van der Waals surface area (Å²) in [6.45, 7) is 6.18. The van der Waals surface area contributed by atoms with Gasteiger partial charge in [0, 0.05) is 18.3 Å². The zero-order valence-corrected chi connectivity index (χ0v) is 15.1. The Balaban J connectivity index is 1.71. The van der Waals surface area contributed by atoms with Crippen LogP contribution in [0.5, 0.6) is 0 Å². The van der Waals surface area contributed by atoms with Crippen LogP contribution in [0, 0.1) is 23.7 Å². The molecule has 5 fully saturated rings. The lowest BCUT2D eigenvalue weighted by atomic mass is 9.58. The van der Waals surface area contributed by atoms with Crippen LogP contribution in [0.15, 0.2) is 0 Å². The van der Waals surface area contributed by atoms with Crippen LogP contribution in [0.3, 0.4) is 0 Å². The second-order valence-electron chi connectivity index (χ2n) is 7.90. The number of esters is 1. The van der Waals surface area contributed by atoms with E-state index in [1.807, 2.05) is 13.8 Å². The summed E-state index contributed by atoms with van der Waals surface area (Å²) >= 11 is 5.58. The van der Waals surface area contributed by atoms with Gasteiger partial charge in [-0.25, -0.2) is 9.78 Å². The molecule has 5 aliphatic rings. The van der Waals surface area contributed by atoms with E-state index in [4.69, 9.17) is 35.6 Å². The standard InChI is InChI=1S/C17H25ClO6/c1-9-4-5-12-10(2)14(20-13(19)8-18)21-15-17(12)11(9)6-7-16(3,22-15)23-24-17/h9-12,14-15H,4-8H2,1-3H3/t9-,10-,11+,12-,14+,15-,16-,17-/m1/s1. The maximum atomic E-state index is 11.7. The van der Waals surface area contributed by atoms with Crippen molar-refractivity contribution in [1.82, 2.24) is 0 Å². The van der Waals surface area contributed by atoms with E-state index < -0.39 is 29.9 Å². The predicted octanol–water partition coefficient (Wildman–Crippen LogP) is 2.98. The van der Waals surface area contributed by atoms with E-state index in [0.29, 0.717) is 11.8 Å². The van der Waals surface area contributed by atoms with Crippen LogP contribution in [-0.4, -0.2) is 35.8 Å². The molecule has 0 aromatic carbocycles. The Labute approximate surface area is 147 Å². The van der Waals surface area contributed by atoms with Crippen molar-refractivity contribution >= 4 is 17.6 Å². The van der Waals surface area contributed by atoms with Crippen LogP contribution in [0.1, 0.15) is 46.5 Å². The minimum Gasteiger partial charge on any atom is -0.434 e. The van der Waals surface area contributed by atoms with E-state index in [9.17, 15) is 4.79 Å². The third-order valence-electron chi connectivity index (χ3n) is 6.45. The highest BCUT2D eigenvalue weighted by molar-refractivity contribution is 6.26. The van der Waals surface area contributed by atoms with Crippen LogP contribution in [0.2, 0.25) is 0 Å². The molecular formula is C17H25ClO6. The normalized spacial score (nSPS) is 53.2. The van der Waals surface area contributed by atoms with Crippen molar-refractivity contribution in [2.45, 2.75) is 70.4 Å². The maximum Gasteiger partial charge on any atom is 0.323 e. The number of carbonyl (C=O) groups is 1. The van der Waals surface area contributed by atoms with Gasteiger partial charge in [0.05, 0.1) is 0 Å². The fraction of sp³-hybridized carbons (Fsp3) is 0.941. The number of carbonyl (C=O) groups excluding carboxylic acids is 1. The molecule has 136 valence electrons. The van der Waals surface area contributed by atoms with Gasteiger partial charge in [0.25, 0.3) is 0 Å². The van der Waals surface area contributed by atoms with Crippen LogP contribution in [0.4, 0.5) is 0 Å². The number of rotatable bonds is 2. The van der Waals surface area contributed by atoms with Crippen molar-refractivity contribution in [3.8, 4) is 0 Å². The molecule has 2 bridgehead atoms. The van der Waals surface area contributed by atoms with Crippen molar-refractivity contribution < 1.29 is 28.8 Å². The first kappa shape index (κ1) is 17.0. The Morgan fingerprint density at radius 2 is 2.00 bits per heavy atom. The summed E-state index contributed by atoms with van der Waals surface area (Å²) in [6.07, 6.45) is 2.56. The largest absolute Gasteiger partial charge is 0.434 e. The zero-order chi connectivity index (χ0) is 17.1. The van der Waals surface area contributed by atoms with Gasteiger partial charge in [0.1, 0.15) is 5.88 Å². The van der Waals surface area contributed by atoms with Gasteiger partial charge in [-0.15, -0.1) is 11.6 Å². The number of alkyl halides is 1. The molecule has 8 atom stereocenters. The van der Waals surface area contributed by atoms with E-state index >= 15 is 0 Å². The monoisotopic (exact) mass is 360 g/mol. The summed E-state index contributed by atoms with van der Waals surface area (Å²) in [4.78, 5) is 23.4. The van der Waals surface area contributed by atoms with Gasteiger partial charge < -0.3 is 14.2 Å². The first-order valence-electron chi connectivity index (χ1n) is 8.85. The highest BCUT2D eigenvalue weighted by Gasteiger charge is 2.69. The predicted molar refractivity (Wildman–Crippen MR) is 83.6 cm³/mol. The van der Waals surface area contributed by atoms with Crippen molar-refractivity contribution in [2.75, 3.05) is 5.88 Å². The molecule has 0 unspecified atom stereocenters. The van der Waals surface area contributed by atoms with Crippen LogP contribution in [0.25, 0.3) is 0 Å². The molecule has 0 amide bonds. The van der Waals surface area contributed by atoms with Crippen molar-refractivity contribution in [3.63, 3.8) is 0 Å². The van der Waals surface area contributed by atoms with Crippen LogP contribution < -0.4 is 0 Å². The third kappa shape index (κ3) is 2.34. The molecule has 0 N–H and O–H groups in total. The molecule has 7 heteroatoms. The SMILES string of the molecule is C[C@H]1[C@@H](OC(=O)CCl)O[C@@H]2O[C@@]3(C)CC[C@H]4[C@H](C)CC[C@H]1[C@@]24OO3. The molecule has 1 aliphatic carbocycles. The van der Waals surface area contributed by atoms with Gasteiger partial charge in [0.2, 0.25) is 12.1 Å². The van der Waals surface area contributed by atoms with Crippen LogP contribution >= 0.6 is 11.6 Å². The number of hydrogen-bond donors (Lipinski definition) is 0. The summed E-state index contributed by atoms with van der Waals surface area (Å²) in [7, 11) is 0. The molecule has 0 aromatic heterocycles. The van der Waals surface area contributed by atoms with Crippen molar-refractivity contribution in [3.05, 3.63) is 0 Å². The summed E-state index contributed by atoms with van der Waals surface area (Å²) in [5.74, 6) is -0.546. The van der Waals surface area contributed by atoms with E-state index in [0.717, 1.165) is 25.7 Å². The van der Waals surface area contributed by atoms with E-state index in [1.54, 1.807) is 0 Å². The summed E-state index contributed by atoms with van der Waals surface area (Å²) in [6, 6.07) is 0. The quantitative estimate of drug-likeness (QED) is 0.428. The van der Waals surface area contributed by atoms with E-state index in [2.05, 4.69) is 6.92 Å². The molecule has 4 heterocycles. The molecule has 0 aromatic rings. The van der Waals surface area contributed by atoms with Crippen molar-refractivity contribution in [2.24, 2.45) is 23.7 Å². The zero-order valence-electron chi connectivity index (χ0n) is 14.3. The molecule has 1 spiro atoms. The molecule has 24 heavy (non-hydrogen) atoms. The average Bonchev–Trinajstić information content (AvgIpc) is 2.78. The maximum absolute atomic E-state index is 11.7. The molecule has 4 aliphatic heterocycles. The smallest absolute Gasteiger partial charge is 0.323 e. The minimum absolute atomic E-state index is 0.0157. The molecule has 0 radical (unpaired) electrons. The van der Waals surface area contributed by atoms with Gasteiger partial charge in [-0.2, -0.15) is 0 Å². The van der Waals surface area contributed by atoms with E-state index in [-0.39, 0.29) is 17.7 Å². The Morgan fingerprint density at radius 1 is 1.21 bits per heavy atom. The van der Waals surface area contributed by atoms with Gasteiger partial charge in [-0.1, -0.05) is 13.8 Å². The van der Waals surface area contributed by atoms with Gasteiger partial charge in [-0.05, 0) is 38.0 Å². The van der Waals surface area contributed by atoms with Gasteiger partial charge in [-0.3, -0.25) is 4.79 Å². The second-order valence-corrected chi connectivity index (χ2v) is 8.16. The second kappa shape index (κ2) is 5.81. The lowest BCUT2D eigenvalue weighted by Crippen LogP contribution is -2.70. The van der Waals surface area contributed by atoms with Crippen molar-refractivity contribution in [1.29, 1.82) is 0 Å². The Kier molecular flexibility index (Phi) is 4.12. The topological polar surface area (TPSA) is 63.2 Å². The number of ether oxygens (including phenoxy) is 3. The molecule has 6 nitrogen and oxygen atoms in total. The number of hydrogen-bond acceptors (Lipinski definition) is 6. The summed E-state index contributed by atoms with van der Waals surface area (Å²) in [5.41, 5.74) is -0.628. The van der Waals surface area contributed by atoms with Crippen LogP contribution in [-0.2, 0) is 28.8 Å². The first-order chi connectivity index (χ1) is 11.4. The molecule has 5 rings (SSSR count). The first-order valence-corrected chi connectivity index (χ1v) is 9.38. The lowest BCUT2D eigenvalue weighted by molar-refractivity contribution is -0.576. The van der Waals surface area contributed by atoms with Gasteiger partial charge in [0.15, 0.2) is 11.9 Å². The fourth-order valence-electron chi connectivity index (χ4n) is 5.17. The minimum atomic E-state index is -0.820. The molecular weight excluding hydrogens is 336 g/mol. The van der Waals surface area contributed by atoms with E-state index in [1.165, 1.54) is 0 Å². The number of halogens is 1. The fourth-order valence-corrected chi connectivity index (χ4v) is 5.23. The lowest BCUT2D eigenvalue weighted by Gasteiger charge is -2.59. The Bertz CT molecular complexity index is 529. The van der Waals surface area contributed by atoms with Gasteiger partial charge >= 0.3 is 5.97 Å². The highest BCUT2D eigenvalue weighted by Crippen LogP contribution is 2.60. The Hall–Kier alpha value is -0.400.